The Morgan fingerprint density at radius 3 is 2.62 bits per heavy atom. The molecule has 13 heavy (non-hydrogen) atoms. The van der Waals surface area contributed by atoms with Crippen LogP contribution in [0, 0.1) is 0 Å². The molecule has 0 spiro atoms. The van der Waals surface area contributed by atoms with Gasteiger partial charge >= 0.3 is 5.97 Å². The van der Waals surface area contributed by atoms with Gasteiger partial charge in [-0.05, 0) is 13.3 Å². The number of carbonyl (C=O) groups is 1. The van der Waals surface area contributed by atoms with Gasteiger partial charge in [-0.3, -0.25) is 4.79 Å². The lowest BCUT2D eigenvalue weighted by atomic mass is 10.1. The lowest BCUT2D eigenvalue weighted by Crippen LogP contribution is -2.15. The first-order chi connectivity index (χ1) is 6.20. The molecule has 0 saturated heterocycles. The predicted molar refractivity (Wildman–Crippen MR) is 51.4 cm³/mol. The normalized spacial score (nSPS) is 12.5. The van der Waals surface area contributed by atoms with E-state index in [-0.39, 0.29) is 12.4 Å². The molecule has 0 unspecified atom stereocenters. The molecule has 0 aromatic carbocycles. The van der Waals surface area contributed by atoms with Crippen molar-refractivity contribution >= 4 is 5.97 Å². The summed E-state index contributed by atoms with van der Waals surface area (Å²) >= 11 is 0. The lowest BCUT2D eigenvalue weighted by molar-refractivity contribution is -0.145. The molecule has 0 bridgehead atoms. The maximum Gasteiger partial charge on any atom is 0.308 e. The summed E-state index contributed by atoms with van der Waals surface area (Å²) in [6.45, 7) is 4.26. The number of carbonyl (C=O) groups excluding carboxylic acids is 1. The van der Waals surface area contributed by atoms with Crippen molar-refractivity contribution in [1.29, 1.82) is 0 Å². The highest BCUT2D eigenvalue weighted by molar-refractivity contribution is 5.69. The van der Waals surface area contributed by atoms with Crippen molar-refractivity contribution in [3.05, 3.63) is 0 Å². The molecule has 0 aromatic heterocycles. The second-order valence-corrected chi connectivity index (χ2v) is 3.16. The molecule has 78 valence electrons. The van der Waals surface area contributed by atoms with Crippen LogP contribution in [-0.2, 0) is 9.53 Å². The summed E-state index contributed by atoms with van der Waals surface area (Å²) in [6.07, 6.45) is 3.54. The molecule has 0 amide bonds. The second-order valence-electron chi connectivity index (χ2n) is 3.16. The Bertz CT molecular complexity index is 134. The van der Waals surface area contributed by atoms with Crippen LogP contribution in [0.3, 0.4) is 0 Å². The minimum absolute atomic E-state index is 0.136. The number of esters is 1. The monoisotopic (exact) mass is 188 g/mol. The van der Waals surface area contributed by atoms with Gasteiger partial charge in [0.2, 0.25) is 0 Å². The number of rotatable bonds is 7. The minimum Gasteiger partial charge on any atom is -0.466 e. The third-order valence-electron chi connectivity index (χ3n) is 1.85. The van der Waals surface area contributed by atoms with Gasteiger partial charge in [-0.15, -0.1) is 0 Å². The molecule has 0 rings (SSSR count). The van der Waals surface area contributed by atoms with E-state index in [2.05, 4.69) is 6.92 Å². The molecule has 0 radical (unpaired) electrons. The van der Waals surface area contributed by atoms with E-state index >= 15 is 0 Å². The molecule has 0 aliphatic heterocycles. The maximum absolute atomic E-state index is 10.9. The van der Waals surface area contributed by atoms with Gasteiger partial charge in [-0.25, -0.2) is 0 Å². The van der Waals surface area contributed by atoms with Crippen molar-refractivity contribution in [2.75, 3.05) is 6.61 Å². The smallest absolute Gasteiger partial charge is 0.308 e. The molecule has 0 aliphatic rings. The molecule has 0 fully saturated rings. The first-order valence-electron chi connectivity index (χ1n) is 5.04. The molecular weight excluding hydrogens is 168 g/mol. The molecule has 3 nitrogen and oxygen atoms in total. The zero-order chi connectivity index (χ0) is 10.1. The number of hydrogen-bond acceptors (Lipinski definition) is 3. The topological polar surface area (TPSA) is 46.5 Å². The van der Waals surface area contributed by atoms with E-state index in [1.165, 1.54) is 0 Å². The zero-order valence-corrected chi connectivity index (χ0v) is 8.58. The summed E-state index contributed by atoms with van der Waals surface area (Å²) < 4.78 is 4.72. The average Bonchev–Trinajstić information content (AvgIpc) is 2.05. The fourth-order valence-electron chi connectivity index (χ4n) is 1.14. The van der Waals surface area contributed by atoms with Crippen molar-refractivity contribution in [2.24, 2.45) is 0 Å². The first kappa shape index (κ1) is 12.4. The third-order valence-corrected chi connectivity index (χ3v) is 1.85. The highest BCUT2D eigenvalue weighted by Crippen LogP contribution is 2.06. The van der Waals surface area contributed by atoms with Crippen molar-refractivity contribution in [3.63, 3.8) is 0 Å². The van der Waals surface area contributed by atoms with E-state index in [1.54, 1.807) is 6.92 Å². The van der Waals surface area contributed by atoms with Crippen LogP contribution in [0.25, 0.3) is 0 Å². The van der Waals surface area contributed by atoms with Crippen LogP contribution < -0.4 is 0 Å². The number of unbranched alkanes of at least 4 members (excludes halogenated alkanes) is 2. The van der Waals surface area contributed by atoms with E-state index in [1.807, 2.05) is 0 Å². The molecular formula is C10H20O3. The Kier molecular flexibility index (Phi) is 7.69. The maximum atomic E-state index is 10.9. The number of aliphatic hydroxyl groups excluding tert-OH is 1. The van der Waals surface area contributed by atoms with Gasteiger partial charge in [0.15, 0.2) is 0 Å². The average molecular weight is 188 g/mol. The van der Waals surface area contributed by atoms with Gasteiger partial charge in [0, 0.05) is 0 Å². The summed E-state index contributed by atoms with van der Waals surface area (Å²) in [5.74, 6) is -0.300. The van der Waals surface area contributed by atoms with Gasteiger partial charge in [0.05, 0.1) is 19.1 Å². The van der Waals surface area contributed by atoms with E-state index in [4.69, 9.17) is 4.74 Å². The summed E-state index contributed by atoms with van der Waals surface area (Å²) in [6, 6.07) is 0. The standard InChI is InChI=1S/C10H20O3/c1-3-5-6-7-9(11)8-10(12)13-4-2/h9,11H,3-8H2,1-2H3/t9-/m1/s1. The Balaban J connectivity index is 3.38. The predicted octanol–water partition coefficient (Wildman–Crippen LogP) is 1.88. The van der Waals surface area contributed by atoms with Gasteiger partial charge in [0.1, 0.15) is 0 Å². The third kappa shape index (κ3) is 7.78. The number of hydrogen-bond donors (Lipinski definition) is 1. The van der Waals surface area contributed by atoms with Gasteiger partial charge in [0.25, 0.3) is 0 Å². The van der Waals surface area contributed by atoms with Crippen LogP contribution in [-0.4, -0.2) is 23.8 Å². The van der Waals surface area contributed by atoms with Crippen LogP contribution in [0.4, 0.5) is 0 Å². The highest BCUT2D eigenvalue weighted by Gasteiger charge is 2.10. The lowest BCUT2D eigenvalue weighted by Gasteiger charge is -2.08. The highest BCUT2D eigenvalue weighted by atomic mass is 16.5. The van der Waals surface area contributed by atoms with E-state index in [0.717, 1.165) is 19.3 Å². The van der Waals surface area contributed by atoms with Crippen LogP contribution >= 0.6 is 0 Å². The molecule has 0 aliphatic carbocycles. The van der Waals surface area contributed by atoms with Gasteiger partial charge < -0.3 is 9.84 Å². The molecule has 3 heteroatoms. The molecule has 1 N–H and O–H groups in total. The van der Waals surface area contributed by atoms with Gasteiger partial charge in [-0.1, -0.05) is 26.2 Å². The summed E-state index contributed by atoms with van der Waals surface area (Å²) in [7, 11) is 0. The SMILES string of the molecule is CCCCC[C@@H](O)CC(=O)OCC. The Labute approximate surface area is 80.1 Å². The molecule has 1 atom stereocenters. The second kappa shape index (κ2) is 8.05. The molecule has 0 heterocycles. The molecule has 0 aromatic rings. The summed E-state index contributed by atoms with van der Waals surface area (Å²) in [5.41, 5.74) is 0. The first-order valence-corrected chi connectivity index (χ1v) is 5.04. The van der Waals surface area contributed by atoms with Crippen molar-refractivity contribution in [1.82, 2.24) is 0 Å². The van der Waals surface area contributed by atoms with Gasteiger partial charge in [-0.2, -0.15) is 0 Å². The molecule has 0 saturated carbocycles. The van der Waals surface area contributed by atoms with Crippen molar-refractivity contribution in [3.8, 4) is 0 Å². The quantitative estimate of drug-likeness (QED) is 0.490. The van der Waals surface area contributed by atoms with Crippen LogP contribution in [0.15, 0.2) is 0 Å². The van der Waals surface area contributed by atoms with Crippen LogP contribution in [0.5, 0.6) is 0 Å². The summed E-state index contributed by atoms with van der Waals surface area (Å²) in [5, 5.41) is 9.37. The van der Waals surface area contributed by atoms with E-state index < -0.39 is 6.10 Å². The number of aliphatic hydroxyl groups is 1. The van der Waals surface area contributed by atoms with Crippen LogP contribution in [0.1, 0.15) is 46.0 Å². The fourth-order valence-corrected chi connectivity index (χ4v) is 1.14. The van der Waals surface area contributed by atoms with Crippen molar-refractivity contribution < 1.29 is 14.6 Å². The van der Waals surface area contributed by atoms with E-state index in [9.17, 15) is 9.90 Å². The fraction of sp³-hybridized carbons (Fsp3) is 0.900. The summed E-state index contributed by atoms with van der Waals surface area (Å²) in [4.78, 5) is 10.9. The Hall–Kier alpha value is -0.570. The largest absolute Gasteiger partial charge is 0.466 e. The van der Waals surface area contributed by atoms with Crippen molar-refractivity contribution in [2.45, 2.75) is 52.1 Å². The number of ether oxygens (including phenoxy) is 1. The Morgan fingerprint density at radius 2 is 2.08 bits per heavy atom. The Morgan fingerprint density at radius 1 is 1.38 bits per heavy atom. The minimum atomic E-state index is -0.523. The van der Waals surface area contributed by atoms with E-state index in [0.29, 0.717) is 13.0 Å². The zero-order valence-electron chi connectivity index (χ0n) is 8.58. The van der Waals surface area contributed by atoms with Crippen LogP contribution in [0.2, 0.25) is 0 Å².